The quantitative estimate of drug-likeness (QED) is 0.562. The molecule has 1 rings (SSSR count). The van der Waals surface area contributed by atoms with Gasteiger partial charge in [-0.2, -0.15) is 0 Å². The summed E-state index contributed by atoms with van der Waals surface area (Å²) in [6, 6.07) is -0.338. The van der Waals surface area contributed by atoms with Gasteiger partial charge in [-0.1, -0.05) is 9.39 Å². The molecular formula is C5H10NO2P. The Morgan fingerprint density at radius 3 is 2.44 bits per heavy atom. The van der Waals surface area contributed by atoms with E-state index in [9.17, 15) is 4.79 Å². The summed E-state index contributed by atoms with van der Waals surface area (Å²) in [5, 5.41) is 11.2. The molecule has 0 amide bonds. The number of carbonyl (C=O) groups is 1. The maximum atomic E-state index is 10.3. The average Bonchev–Trinajstić information content (AvgIpc) is 2.50. The van der Waals surface area contributed by atoms with Gasteiger partial charge in [0, 0.05) is 0 Å². The molecule has 0 aromatic heterocycles. The number of hydrogen-bond donors (Lipinski definition) is 2. The first kappa shape index (κ1) is 6.97. The maximum Gasteiger partial charge on any atom is 0.321 e. The van der Waals surface area contributed by atoms with Gasteiger partial charge in [0.05, 0.1) is 0 Å². The minimum Gasteiger partial charge on any atom is -0.480 e. The molecule has 9 heavy (non-hydrogen) atoms. The smallest absolute Gasteiger partial charge is 0.321 e. The Bertz CT molecular complexity index is 124. The second-order valence-electron chi connectivity index (χ2n) is 2.32. The Labute approximate surface area is 56.1 Å². The zero-order valence-electron chi connectivity index (χ0n) is 5.00. The van der Waals surface area contributed by atoms with Crippen LogP contribution in [-0.2, 0) is 4.79 Å². The highest BCUT2D eigenvalue weighted by Gasteiger charge is 2.34. The van der Waals surface area contributed by atoms with Crippen LogP contribution in [0.4, 0.5) is 0 Å². The van der Waals surface area contributed by atoms with Crippen LogP contribution in [0.5, 0.6) is 0 Å². The van der Waals surface area contributed by atoms with Crippen LogP contribution in [0.15, 0.2) is 0 Å². The second-order valence-corrected chi connectivity index (χ2v) is 2.65. The van der Waals surface area contributed by atoms with Gasteiger partial charge >= 0.3 is 5.97 Å². The van der Waals surface area contributed by atoms with E-state index < -0.39 is 5.97 Å². The molecule has 0 spiro atoms. The Balaban J connectivity index is 2.37. The summed E-state index contributed by atoms with van der Waals surface area (Å²) in [6.45, 7) is 0. The van der Waals surface area contributed by atoms with Gasteiger partial charge in [-0.05, 0) is 18.8 Å². The van der Waals surface area contributed by atoms with Crippen LogP contribution in [0.2, 0.25) is 0 Å². The van der Waals surface area contributed by atoms with E-state index in [-0.39, 0.29) is 6.04 Å². The van der Waals surface area contributed by atoms with Crippen LogP contribution < -0.4 is 5.09 Å². The van der Waals surface area contributed by atoms with Crippen molar-refractivity contribution < 1.29 is 9.90 Å². The van der Waals surface area contributed by atoms with Crippen molar-refractivity contribution in [3.05, 3.63) is 0 Å². The molecule has 2 N–H and O–H groups in total. The summed E-state index contributed by atoms with van der Waals surface area (Å²) in [4.78, 5) is 10.3. The number of aliphatic carboxylic acids is 1. The zero-order valence-corrected chi connectivity index (χ0v) is 6.16. The van der Waals surface area contributed by atoms with E-state index in [1.807, 2.05) is 0 Å². The van der Waals surface area contributed by atoms with E-state index in [0.29, 0.717) is 5.92 Å². The summed E-state index contributed by atoms with van der Waals surface area (Å²) in [5.74, 6) is -0.368. The lowest BCUT2D eigenvalue weighted by Crippen LogP contribution is -2.31. The van der Waals surface area contributed by atoms with Crippen molar-refractivity contribution in [1.29, 1.82) is 0 Å². The largest absolute Gasteiger partial charge is 0.480 e. The molecule has 1 fully saturated rings. The van der Waals surface area contributed by atoms with Crippen molar-refractivity contribution in [1.82, 2.24) is 5.09 Å². The van der Waals surface area contributed by atoms with E-state index in [4.69, 9.17) is 5.11 Å². The number of carboxylic acids is 1. The van der Waals surface area contributed by atoms with Crippen molar-refractivity contribution >= 4 is 15.4 Å². The first-order valence-electron chi connectivity index (χ1n) is 2.94. The van der Waals surface area contributed by atoms with Crippen LogP contribution >= 0.6 is 9.39 Å². The molecule has 0 radical (unpaired) electrons. The first-order valence-corrected chi connectivity index (χ1v) is 3.52. The monoisotopic (exact) mass is 147 g/mol. The SMILES string of the molecule is O=C(O)C(NP)C1CC1. The molecule has 0 aromatic rings. The summed E-state index contributed by atoms with van der Waals surface area (Å²) < 4.78 is 0. The Kier molecular flexibility index (Phi) is 2.04. The topological polar surface area (TPSA) is 49.3 Å². The molecule has 0 heterocycles. The second kappa shape index (κ2) is 2.63. The zero-order chi connectivity index (χ0) is 6.85. The highest BCUT2D eigenvalue weighted by Crippen LogP contribution is 2.32. The third kappa shape index (κ3) is 1.63. The van der Waals surface area contributed by atoms with Crippen LogP contribution in [0.25, 0.3) is 0 Å². The Morgan fingerprint density at radius 2 is 2.33 bits per heavy atom. The first-order chi connectivity index (χ1) is 4.25. The molecule has 0 aromatic carbocycles. The number of nitrogens with one attached hydrogen (secondary N) is 1. The highest BCUT2D eigenvalue weighted by molar-refractivity contribution is 7.13. The third-order valence-electron chi connectivity index (χ3n) is 1.54. The van der Waals surface area contributed by atoms with E-state index in [2.05, 4.69) is 14.5 Å². The van der Waals surface area contributed by atoms with Gasteiger partial charge in [0.2, 0.25) is 0 Å². The van der Waals surface area contributed by atoms with Crippen molar-refractivity contribution in [3.63, 3.8) is 0 Å². The standard InChI is InChI=1S/C5H10NO2P/c7-5(8)4(6-9)3-1-2-3/h3-4,6H,1-2,9H2,(H,7,8). The fourth-order valence-electron chi connectivity index (χ4n) is 0.839. The van der Waals surface area contributed by atoms with Crippen LogP contribution in [-0.4, -0.2) is 17.1 Å². The molecule has 1 aliphatic carbocycles. The third-order valence-corrected chi connectivity index (χ3v) is 1.90. The molecule has 1 saturated carbocycles. The normalized spacial score (nSPS) is 21.4. The van der Waals surface area contributed by atoms with Crippen LogP contribution in [0.3, 0.4) is 0 Å². The molecule has 2 unspecified atom stereocenters. The Hall–Kier alpha value is -0.140. The van der Waals surface area contributed by atoms with Gasteiger partial charge in [0.1, 0.15) is 6.04 Å². The van der Waals surface area contributed by atoms with Gasteiger partial charge in [0.15, 0.2) is 0 Å². The number of carboxylic acid groups (broad SMARTS) is 1. The highest BCUT2D eigenvalue weighted by atomic mass is 31.0. The summed E-state index contributed by atoms with van der Waals surface area (Å²) in [5.41, 5.74) is 0. The average molecular weight is 147 g/mol. The minimum absolute atomic E-state index is 0.338. The van der Waals surface area contributed by atoms with Crippen molar-refractivity contribution in [2.45, 2.75) is 18.9 Å². The minimum atomic E-state index is -0.743. The fourth-order valence-corrected chi connectivity index (χ4v) is 1.25. The molecule has 0 aliphatic heterocycles. The predicted octanol–water partition coefficient (Wildman–Crippen LogP) is 0.229. The number of hydrogen-bond acceptors (Lipinski definition) is 2. The lowest BCUT2D eigenvalue weighted by molar-refractivity contribution is -0.139. The molecule has 4 heteroatoms. The summed E-state index contributed by atoms with van der Waals surface area (Å²) in [7, 11) is 2.24. The van der Waals surface area contributed by atoms with E-state index in [0.717, 1.165) is 12.8 Å². The van der Waals surface area contributed by atoms with Crippen molar-refractivity contribution in [2.24, 2.45) is 5.92 Å². The fraction of sp³-hybridized carbons (Fsp3) is 0.800. The van der Waals surface area contributed by atoms with Crippen LogP contribution in [0, 0.1) is 5.92 Å². The van der Waals surface area contributed by atoms with Gasteiger partial charge < -0.3 is 5.11 Å². The molecular weight excluding hydrogens is 137 g/mol. The van der Waals surface area contributed by atoms with Gasteiger partial charge in [-0.3, -0.25) is 9.88 Å². The van der Waals surface area contributed by atoms with E-state index in [1.165, 1.54) is 0 Å². The van der Waals surface area contributed by atoms with Crippen LogP contribution in [0.1, 0.15) is 12.8 Å². The predicted molar refractivity (Wildman–Crippen MR) is 37.0 cm³/mol. The lowest BCUT2D eigenvalue weighted by atomic mass is 10.2. The maximum absolute atomic E-state index is 10.3. The summed E-state index contributed by atoms with van der Waals surface area (Å²) >= 11 is 0. The van der Waals surface area contributed by atoms with Crippen molar-refractivity contribution in [3.8, 4) is 0 Å². The van der Waals surface area contributed by atoms with Gasteiger partial charge in [-0.25, -0.2) is 0 Å². The summed E-state index contributed by atoms with van der Waals surface area (Å²) in [6.07, 6.45) is 2.11. The molecule has 1 aliphatic rings. The Morgan fingerprint density at radius 1 is 1.78 bits per heavy atom. The molecule has 52 valence electrons. The molecule has 2 atom stereocenters. The molecule has 0 saturated heterocycles. The number of rotatable bonds is 3. The van der Waals surface area contributed by atoms with E-state index in [1.54, 1.807) is 0 Å². The van der Waals surface area contributed by atoms with Gasteiger partial charge in [0.25, 0.3) is 0 Å². The van der Waals surface area contributed by atoms with E-state index >= 15 is 0 Å². The lowest BCUT2D eigenvalue weighted by Gasteiger charge is -2.07. The molecule has 3 nitrogen and oxygen atoms in total. The van der Waals surface area contributed by atoms with Crippen molar-refractivity contribution in [2.75, 3.05) is 0 Å². The molecule has 0 bridgehead atoms. The van der Waals surface area contributed by atoms with Gasteiger partial charge in [-0.15, -0.1) is 0 Å².